The van der Waals surface area contributed by atoms with Crippen LogP contribution >= 0.6 is 11.3 Å². The molecule has 2 aromatic heterocycles. The summed E-state index contributed by atoms with van der Waals surface area (Å²) in [6.45, 7) is 0. The second-order valence-electron chi connectivity index (χ2n) is 11.0. The molecular weight excluding hydrogens is 543 g/mol. The zero-order valence-electron chi connectivity index (χ0n) is 23.2. The molecule has 2 heterocycles. The Morgan fingerprint density at radius 2 is 1.16 bits per heavy atom. The smallest absolute Gasteiger partial charge is 0.135 e. The van der Waals surface area contributed by atoms with E-state index in [2.05, 4.69) is 144 Å². The molecule has 9 aromatic rings. The van der Waals surface area contributed by atoms with E-state index in [9.17, 15) is 0 Å². The van der Waals surface area contributed by atoms with Crippen LogP contribution in [0, 0.1) is 0 Å². The number of hydrogen-bond acceptors (Lipinski definition) is 3. The molecule has 0 aliphatic heterocycles. The highest BCUT2D eigenvalue weighted by Crippen LogP contribution is 2.46. The van der Waals surface area contributed by atoms with Crippen molar-refractivity contribution < 1.29 is 4.42 Å². The summed E-state index contributed by atoms with van der Waals surface area (Å²) >= 11 is 1.85. The number of fused-ring (bicyclic) bond motifs is 7. The summed E-state index contributed by atoms with van der Waals surface area (Å²) in [5.41, 5.74) is 7.57. The van der Waals surface area contributed by atoms with E-state index in [4.69, 9.17) is 4.42 Å². The fourth-order valence-electron chi connectivity index (χ4n) is 6.42. The molecule has 0 aliphatic carbocycles. The quantitative estimate of drug-likeness (QED) is 0.210. The van der Waals surface area contributed by atoms with Crippen LogP contribution in [-0.4, -0.2) is 0 Å². The van der Waals surface area contributed by atoms with Crippen molar-refractivity contribution in [2.45, 2.75) is 0 Å². The summed E-state index contributed by atoms with van der Waals surface area (Å²) in [5.74, 6) is 0. The van der Waals surface area contributed by atoms with Crippen molar-refractivity contribution in [2.75, 3.05) is 4.90 Å². The first-order chi connectivity index (χ1) is 21.3. The van der Waals surface area contributed by atoms with Gasteiger partial charge in [0.2, 0.25) is 0 Å². The first kappa shape index (κ1) is 24.2. The Morgan fingerprint density at radius 1 is 0.442 bits per heavy atom. The van der Waals surface area contributed by atoms with E-state index >= 15 is 0 Å². The van der Waals surface area contributed by atoms with Crippen molar-refractivity contribution in [1.29, 1.82) is 0 Å². The zero-order valence-corrected chi connectivity index (χ0v) is 24.0. The molecule has 9 rings (SSSR count). The van der Waals surface area contributed by atoms with Gasteiger partial charge in [0, 0.05) is 42.3 Å². The average molecular weight is 568 g/mol. The van der Waals surface area contributed by atoms with Crippen molar-refractivity contribution in [3.8, 4) is 11.1 Å². The second-order valence-corrected chi connectivity index (χ2v) is 12.1. The molecule has 0 saturated carbocycles. The number of rotatable bonds is 4. The van der Waals surface area contributed by atoms with E-state index in [-0.39, 0.29) is 0 Å². The predicted octanol–water partition coefficient (Wildman–Crippen LogP) is 12.2. The molecule has 2 nitrogen and oxygen atoms in total. The number of benzene rings is 7. The number of anilines is 3. The van der Waals surface area contributed by atoms with Crippen molar-refractivity contribution in [2.24, 2.45) is 0 Å². The maximum absolute atomic E-state index is 6.21. The fraction of sp³-hybridized carbons (Fsp3) is 0. The summed E-state index contributed by atoms with van der Waals surface area (Å²) in [6, 6.07) is 54.4. The van der Waals surface area contributed by atoms with Crippen LogP contribution in [0.5, 0.6) is 0 Å². The van der Waals surface area contributed by atoms with Crippen LogP contribution in [0.25, 0.3) is 64.0 Å². The largest absolute Gasteiger partial charge is 0.456 e. The van der Waals surface area contributed by atoms with Crippen molar-refractivity contribution in [3.63, 3.8) is 0 Å². The van der Waals surface area contributed by atoms with Gasteiger partial charge < -0.3 is 9.32 Å². The number of para-hydroxylation sites is 1. The molecule has 0 radical (unpaired) electrons. The normalized spacial score (nSPS) is 11.7. The molecule has 7 aromatic carbocycles. The Kier molecular flexibility index (Phi) is 5.40. The Bertz CT molecular complexity index is 2480. The molecular formula is C40H25NOS. The zero-order chi connectivity index (χ0) is 28.3. The molecule has 202 valence electrons. The van der Waals surface area contributed by atoms with Gasteiger partial charge in [-0.05, 0) is 82.6 Å². The first-order valence-electron chi connectivity index (χ1n) is 14.5. The van der Waals surface area contributed by atoms with Crippen molar-refractivity contribution in [1.82, 2.24) is 0 Å². The van der Waals surface area contributed by atoms with Gasteiger partial charge >= 0.3 is 0 Å². The molecule has 0 amide bonds. The third-order valence-corrected chi connectivity index (χ3v) is 9.56. The monoisotopic (exact) mass is 567 g/mol. The number of hydrogen-bond donors (Lipinski definition) is 0. The Morgan fingerprint density at radius 3 is 2.12 bits per heavy atom. The lowest BCUT2D eigenvalue weighted by Crippen LogP contribution is -2.10. The highest BCUT2D eigenvalue weighted by atomic mass is 32.1. The Hall–Kier alpha value is -5.38. The van der Waals surface area contributed by atoms with E-state index in [0.29, 0.717) is 0 Å². The van der Waals surface area contributed by atoms with E-state index in [1.165, 1.54) is 42.1 Å². The van der Waals surface area contributed by atoms with Gasteiger partial charge in [0.15, 0.2) is 0 Å². The summed E-state index contributed by atoms with van der Waals surface area (Å²) in [6.07, 6.45) is 0. The minimum Gasteiger partial charge on any atom is -0.456 e. The average Bonchev–Trinajstić information content (AvgIpc) is 3.63. The first-order valence-corrected chi connectivity index (χ1v) is 15.3. The molecule has 0 unspecified atom stereocenters. The standard InChI is InChI=1S/C40H25NOS/c1-2-10-27-23-29(20-19-26(27)9-1)28-11-7-12-30(24-28)41(31-21-22-37-34(25-31)32-13-3-5-16-36(32)42-37)35-15-8-18-39-40(35)33-14-4-6-17-38(33)43-39/h1-25H. The second kappa shape index (κ2) is 9.59. The molecule has 43 heavy (non-hydrogen) atoms. The minimum atomic E-state index is 0.897. The fourth-order valence-corrected chi connectivity index (χ4v) is 7.54. The van der Waals surface area contributed by atoms with Gasteiger partial charge in [-0.3, -0.25) is 0 Å². The van der Waals surface area contributed by atoms with Gasteiger partial charge in [0.25, 0.3) is 0 Å². The van der Waals surface area contributed by atoms with Gasteiger partial charge in [-0.25, -0.2) is 0 Å². The summed E-state index contributed by atoms with van der Waals surface area (Å²) < 4.78 is 8.79. The third-order valence-electron chi connectivity index (χ3n) is 8.43. The molecule has 0 bridgehead atoms. The number of nitrogens with zero attached hydrogens (tertiary/aromatic N) is 1. The van der Waals surface area contributed by atoms with E-state index < -0.39 is 0 Å². The number of thiophene rings is 1. The van der Waals surface area contributed by atoms with Gasteiger partial charge in [0.1, 0.15) is 11.2 Å². The van der Waals surface area contributed by atoms with E-state index in [1.54, 1.807) is 0 Å². The van der Waals surface area contributed by atoms with Crippen LogP contribution in [0.4, 0.5) is 17.1 Å². The van der Waals surface area contributed by atoms with Gasteiger partial charge in [-0.15, -0.1) is 11.3 Å². The van der Waals surface area contributed by atoms with Crippen molar-refractivity contribution >= 4 is 81.3 Å². The molecule has 0 spiro atoms. The summed E-state index contributed by atoms with van der Waals surface area (Å²) in [5, 5.41) is 7.30. The topological polar surface area (TPSA) is 16.4 Å². The third kappa shape index (κ3) is 3.93. The van der Waals surface area contributed by atoms with Crippen LogP contribution in [0.3, 0.4) is 0 Å². The SMILES string of the molecule is c1cc(-c2ccc3ccccc3c2)cc(N(c2ccc3oc4ccccc4c3c2)c2cccc3sc4ccccc4c23)c1. The van der Waals surface area contributed by atoms with Crippen LogP contribution < -0.4 is 4.90 Å². The molecule has 0 N–H and O–H groups in total. The predicted molar refractivity (Wildman–Crippen MR) is 184 cm³/mol. The Balaban J connectivity index is 1.30. The highest BCUT2D eigenvalue weighted by molar-refractivity contribution is 7.26. The van der Waals surface area contributed by atoms with Crippen LogP contribution in [0.1, 0.15) is 0 Å². The van der Waals surface area contributed by atoms with Gasteiger partial charge in [-0.1, -0.05) is 91.0 Å². The van der Waals surface area contributed by atoms with Crippen molar-refractivity contribution in [3.05, 3.63) is 152 Å². The summed E-state index contributed by atoms with van der Waals surface area (Å²) in [7, 11) is 0. The minimum absolute atomic E-state index is 0.897. The van der Waals surface area contributed by atoms with Crippen LogP contribution in [-0.2, 0) is 0 Å². The molecule has 3 heteroatoms. The maximum Gasteiger partial charge on any atom is 0.135 e. The van der Waals surface area contributed by atoms with Crippen LogP contribution in [0.15, 0.2) is 156 Å². The van der Waals surface area contributed by atoms with E-state index in [1.807, 2.05) is 23.5 Å². The lowest BCUT2D eigenvalue weighted by atomic mass is 10.00. The molecule has 0 atom stereocenters. The molecule has 0 aliphatic rings. The molecule has 0 saturated heterocycles. The molecule has 0 fully saturated rings. The maximum atomic E-state index is 6.21. The van der Waals surface area contributed by atoms with Gasteiger partial charge in [-0.2, -0.15) is 0 Å². The van der Waals surface area contributed by atoms with Gasteiger partial charge in [0.05, 0.1) is 5.69 Å². The summed E-state index contributed by atoms with van der Waals surface area (Å²) in [4.78, 5) is 2.41. The lowest BCUT2D eigenvalue weighted by molar-refractivity contribution is 0.669. The lowest BCUT2D eigenvalue weighted by Gasteiger charge is -2.27. The highest BCUT2D eigenvalue weighted by Gasteiger charge is 2.20. The van der Waals surface area contributed by atoms with Crippen LogP contribution in [0.2, 0.25) is 0 Å². The number of furan rings is 1. The Labute approximate surface area is 252 Å². The van der Waals surface area contributed by atoms with E-state index in [0.717, 1.165) is 39.0 Å².